The van der Waals surface area contributed by atoms with E-state index in [1.54, 1.807) is 26.6 Å². The van der Waals surface area contributed by atoms with Gasteiger partial charge in [0, 0.05) is 50.5 Å². The first-order valence-corrected chi connectivity index (χ1v) is 8.31. The van der Waals surface area contributed by atoms with Crippen molar-refractivity contribution in [1.29, 1.82) is 0 Å². The molecule has 0 aliphatic carbocycles. The second-order valence-electron chi connectivity index (χ2n) is 5.99. The maximum atomic E-state index is 5.56. The van der Waals surface area contributed by atoms with Gasteiger partial charge in [-0.25, -0.2) is 9.97 Å². The topological polar surface area (TPSA) is 60.4 Å². The van der Waals surface area contributed by atoms with Gasteiger partial charge in [-0.1, -0.05) is 6.92 Å². The Kier molecular flexibility index (Phi) is 5.37. The molecule has 1 aliphatic heterocycles. The summed E-state index contributed by atoms with van der Waals surface area (Å²) in [6, 6.07) is 6.22. The summed E-state index contributed by atoms with van der Waals surface area (Å²) in [5.41, 5.74) is 2.01. The van der Waals surface area contributed by atoms with Crippen LogP contribution in [0.5, 0.6) is 0 Å². The fraction of sp³-hybridized carbons (Fsp3) is 0.500. The van der Waals surface area contributed by atoms with Crippen molar-refractivity contribution in [2.75, 3.05) is 32.3 Å². The minimum absolute atomic E-state index is 0.203. The van der Waals surface area contributed by atoms with E-state index in [2.05, 4.69) is 27.9 Å². The van der Waals surface area contributed by atoms with Crippen LogP contribution in [0.1, 0.15) is 19.0 Å². The quantitative estimate of drug-likeness (QED) is 0.811. The van der Waals surface area contributed by atoms with Crippen LogP contribution < -0.4 is 4.90 Å². The van der Waals surface area contributed by atoms with Crippen molar-refractivity contribution < 1.29 is 9.47 Å². The number of anilines is 1. The summed E-state index contributed by atoms with van der Waals surface area (Å²) in [5.74, 6) is 1.68. The van der Waals surface area contributed by atoms with E-state index in [0.717, 1.165) is 42.3 Å². The van der Waals surface area contributed by atoms with Gasteiger partial charge in [0.1, 0.15) is 5.82 Å². The number of rotatable bonds is 6. The van der Waals surface area contributed by atoms with Crippen molar-refractivity contribution in [2.45, 2.75) is 31.9 Å². The van der Waals surface area contributed by atoms with Gasteiger partial charge < -0.3 is 14.4 Å². The largest absolute Gasteiger partial charge is 0.383 e. The van der Waals surface area contributed by atoms with Crippen molar-refractivity contribution in [3.63, 3.8) is 0 Å². The number of hydrogen-bond acceptors (Lipinski definition) is 6. The third kappa shape index (κ3) is 3.55. The zero-order valence-corrected chi connectivity index (χ0v) is 14.5. The highest BCUT2D eigenvalue weighted by Crippen LogP contribution is 2.28. The number of methoxy groups -OCH3 is 2. The molecule has 0 N–H and O–H groups in total. The Labute approximate surface area is 142 Å². The van der Waals surface area contributed by atoms with E-state index in [4.69, 9.17) is 14.5 Å². The van der Waals surface area contributed by atoms with Gasteiger partial charge in [0.05, 0.1) is 18.8 Å². The van der Waals surface area contributed by atoms with Crippen molar-refractivity contribution >= 4 is 5.82 Å². The average Bonchev–Trinajstić information content (AvgIpc) is 3.05. The van der Waals surface area contributed by atoms with Gasteiger partial charge >= 0.3 is 0 Å². The van der Waals surface area contributed by atoms with Crippen LogP contribution in [0.25, 0.3) is 11.4 Å². The zero-order valence-electron chi connectivity index (χ0n) is 14.5. The number of nitrogens with zero attached hydrogens (tertiary/aromatic N) is 4. The fourth-order valence-corrected chi connectivity index (χ4v) is 3.12. The fourth-order valence-electron chi connectivity index (χ4n) is 3.12. The van der Waals surface area contributed by atoms with Crippen LogP contribution >= 0.6 is 0 Å². The Morgan fingerprint density at radius 3 is 2.67 bits per heavy atom. The minimum atomic E-state index is 0.203. The predicted molar refractivity (Wildman–Crippen MR) is 93.1 cm³/mol. The number of pyridine rings is 1. The Bertz CT molecular complexity index is 665. The lowest BCUT2D eigenvalue weighted by molar-refractivity contribution is 0.111. The highest BCUT2D eigenvalue weighted by molar-refractivity contribution is 5.58. The number of ether oxygens (including phenoxy) is 2. The van der Waals surface area contributed by atoms with E-state index in [0.29, 0.717) is 6.61 Å². The number of aryl methyl sites for hydroxylation is 1. The van der Waals surface area contributed by atoms with Crippen LogP contribution in [0.4, 0.5) is 5.82 Å². The predicted octanol–water partition coefficient (Wildman–Crippen LogP) is 2.34. The second kappa shape index (κ2) is 7.68. The number of hydrogen-bond donors (Lipinski definition) is 0. The highest BCUT2D eigenvalue weighted by atomic mass is 16.5. The monoisotopic (exact) mass is 328 g/mol. The molecule has 128 valence electrons. The molecule has 3 heterocycles. The van der Waals surface area contributed by atoms with Crippen molar-refractivity contribution in [1.82, 2.24) is 15.0 Å². The molecule has 1 fully saturated rings. The molecule has 0 unspecified atom stereocenters. The second-order valence-corrected chi connectivity index (χ2v) is 5.99. The van der Waals surface area contributed by atoms with Gasteiger partial charge in [-0.3, -0.25) is 4.98 Å². The molecule has 0 aromatic carbocycles. The van der Waals surface area contributed by atoms with E-state index in [-0.39, 0.29) is 12.1 Å². The van der Waals surface area contributed by atoms with Gasteiger partial charge in [-0.2, -0.15) is 0 Å². The van der Waals surface area contributed by atoms with Crippen LogP contribution in [0.2, 0.25) is 0 Å². The first-order valence-electron chi connectivity index (χ1n) is 8.31. The third-order valence-electron chi connectivity index (χ3n) is 4.43. The van der Waals surface area contributed by atoms with Gasteiger partial charge in [0.2, 0.25) is 0 Å². The van der Waals surface area contributed by atoms with E-state index in [9.17, 15) is 0 Å². The van der Waals surface area contributed by atoms with Gasteiger partial charge in [0.25, 0.3) is 0 Å². The minimum Gasteiger partial charge on any atom is -0.383 e. The van der Waals surface area contributed by atoms with E-state index in [1.807, 2.05) is 12.1 Å². The molecule has 2 aromatic heterocycles. The number of aromatic nitrogens is 3. The smallest absolute Gasteiger partial charge is 0.161 e. The molecule has 0 radical (unpaired) electrons. The average molecular weight is 328 g/mol. The summed E-state index contributed by atoms with van der Waals surface area (Å²) < 4.78 is 11.0. The van der Waals surface area contributed by atoms with Crippen molar-refractivity contribution in [3.05, 3.63) is 36.3 Å². The Morgan fingerprint density at radius 2 is 2.00 bits per heavy atom. The SMILES string of the molecule is CCc1cc(N2C[C@@H](OC)C[C@H]2COC)nc(-c2ccncc2)n1. The van der Waals surface area contributed by atoms with Crippen LogP contribution in [-0.2, 0) is 15.9 Å². The van der Waals surface area contributed by atoms with E-state index < -0.39 is 0 Å². The summed E-state index contributed by atoms with van der Waals surface area (Å²) >= 11 is 0. The van der Waals surface area contributed by atoms with Gasteiger partial charge in [-0.05, 0) is 25.0 Å². The summed E-state index contributed by atoms with van der Waals surface area (Å²) in [6.07, 6.45) is 5.54. The molecule has 2 atom stereocenters. The molecule has 2 aromatic rings. The van der Waals surface area contributed by atoms with Crippen molar-refractivity contribution in [3.8, 4) is 11.4 Å². The van der Waals surface area contributed by atoms with Crippen LogP contribution in [0.3, 0.4) is 0 Å². The lowest BCUT2D eigenvalue weighted by atomic mass is 10.2. The standard InChI is InChI=1S/C18H24N4O2/c1-4-14-9-17(21-18(20-14)13-5-7-19-8-6-13)22-11-16(24-3)10-15(22)12-23-2/h5-9,15-16H,4,10-12H2,1-3H3/t15-,16-/m0/s1. The molecule has 0 bridgehead atoms. The zero-order chi connectivity index (χ0) is 16.9. The Morgan fingerprint density at radius 1 is 1.21 bits per heavy atom. The molecule has 0 spiro atoms. The van der Waals surface area contributed by atoms with Gasteiger partial charge in [0.15, 0.2) is 5.82 Å². The molecule has 3 rings (SSSR count). The van der Waals surface area contributed by atoms with Crippen molar-refractivity contribution in [2.24, 2.45) is 0 Å². The van der Waals surface area contributed by atoms with Crippen LogP contribution in [-0.4, -0.2) is 54.5 Å². The van der Waals surface area contributed by atoms with Crippen LogP contribution in [0, 0.1) is 0 Å². The molecule has 1 aliphatic rings. The highest BCUT2D eigenvalue weighted by Gasteiger charge is 2.33. The lowest BCUT2D eigenvalue weighted by Crippen LogP contribution is -2.34. The summed E-state index contributed by atoms with van der Waals surface area (Å²) in [7, 11) is 3.50. The lowest BCUT2D eigenvalue weighted by Gasteiger charge is -2.25. The molecule has 6 nitrogen and oxygen atoms in total. The molecule has 6 heteroatoms. The van der Waals surface area contributed by atoms with Gasteiger partial charge in [-0.15, -0.1) is 0 Å². The summed E-state index contributed by atoms with van der Waals surface area (Å²) in [6.45, 7) is 3.59. The normalized spacial score (nSPS) is 20.5. The first-order chi connectivity index (χ1) is 11.7. The molecule has 0 amide bonds. The van der Waals surface area contributed by atoms with E-state index in [1.165, 1.54) is 0 Å². The third-order valence-corrected chi connectivity index (χ3v) is 4.43. The summed E-state index contributed by atoms with van der Waals surface area (Å²) in [4.78, 5) is 15.8. The van der Waals surface area contributed by atoms with Crippen LogP contribution in [0.15, 0.2) is 30.6 Å². The molecule has 1 saturated heterocycles. The van der Waals surface area contributed by atoms with E-state index >= 15 is 0 Å². The molecule has 24 heavy (non-hydrogen) atoms. The maximum Gasteiger partial charge on any atom is 0.161 e. The molecular weight excluding hydrogens is 304 g/mol. The summed E-state index contributed by atoms with van der Waals surface area (Å²) in [5, 5.41) is 0. The Balaban J connectivity index is 1.97. The first kappa shape index (κ1) is 16.8. The Hall–Kier alpha value is -2.05. The maximum absolute atomic E-state index is 5.56. The molecule has 0 saturated carbocycles. The molecular formula is C18H24N4O2.